The van der Waals surface area contributed by atoms with Crippen LogP contribution in [0.25, 0.3) is 0 Å². The van der Waals surface area contributed by atoms with Gasteiger partial charge in [0.25, 0.3) is 0 Å². The molecule has 0 spiro atoms. The molecule has 3 fully saturated rings. The number of carbonyl (C=O) groups is 2. The number of amides is 3. The maximum absolute atomic E-state index is 13.0. The smallest absolute Gasteiger partial charge is 0.320 e. The number of fused-ring (bicyclic) bond motifs is 1. The van der Waals surface area contributed by atoms with Crippen LogP contribution in [0.1, 0.15) is 45.6 Å². The molecule has 29 heavy (non-hydrogen) atoms. The summed E-state index contributed by atoms with van der Waals surface area (Å²) in [4.78, 5) is 28.4. The van der Waals surface area contributed by atoms with Crippen LogP contribution in [0.4, 0.5) is 4.79 Å². The molecule has 3 aliphatic heterocycles. The highest BCUT2D eigenvalue weighted by Crippen LogP contribution is 2.25. The summed E-state index contributed by atoms with van der Waals surface area (Å²) in [5.74, 6) is 0.457. The average molecular weight is 404 g/mol. The molecule has 160 valence electrons. The number of hydrogen-bond acceptors (Lipinski definition) is 4. The van der Waals surface area contributed by atoms with E-state index in [1.54, 1.807) is 0 Å². The van der Waals surface area contributed by atoms with Crippen LogP contribution < -0.4 is 5.32 Å². The number of morpholine rings is 1. The highest BCUT2D eigenvalue weighted by molar-refractivity contribution is 5.79. The van der Waals surface area contributed by atoms with Gasteiger partial charge in [0, 0.05) is 38.9 Å². The molecule has 2 atom stereocenters. The van der Waals surface area contributed by atoms with Crippen molar-refractivity contribution < 1.29 is 14.3 Å². The Kier molecular flexibility index (Phi) is 5.55. The number of piperidine rings is 2. The molecule has 1 aromatic heterocycles. The minimum Gasteiger partial charge on any atom is -0.366 e. The van der Waals surface area contributed by atoms with Crippen LogP contribution in [0.3, 0.4) is 0 Å². The summed E-state index contributed by atoms with van der Waals surface area (Å²) in [6, 6.07) is 0.0131. The van der Waals surface area contributed by atoms with Crippen LogP contribution >= 0.6 is 0 Å². The lowest BCUT2D eigenvalue weighted by molar-refractivity contribution is -0.139. The molecule has 0 radical (unpaired) electrons. The zero-order valence-electron chi connectivity index (χ0n) is 17.8. The van der Waals surface area contributed by atoms with Crippen molar-refractivity contribution in [2.24, 2.45) is 5.92 Å². The van der Waals surface area contributed by atoms with Crippen molar-refractivity contribution in [1.82, 2.24) is 24.9 Å². The van der Waals surface area contributed by atoms with Gasteiger partial charge in [0.15, 0.2) is 0 Å². The summed E-state index contributed by atoms with van der Waals surface area (Å²) in [5, 5.41) is 7.50. The Balaban J connectivity index is 1.26. The molecule has 4 heterocycles. The second-order valence-electron chi connectivity index (χ2n) is 9.67. The number of nitrogens with zero attached hydrogens (tertiary/aromatic N) is 4. The molecule has 3 amide bonds. The molecule has 3 saturated heterocycles. The molecule has 1 aromatic rings. The van der Waals surface area contributed by atoms with Gasteiger partial charge in [-0.2, -0.15) is 5.10 Å². The normalized spacial score (nSPS) is 26.2. The first-order valence-corrected chi connectivity index (χ1v) is 10.8. The third kappa shape index (κ3) is 4.57. The van der Waals surface area contributed by atoms with Crippen molar-refractivity contribution in [3.05, 3.63) is 18.0 Å². The average Bonchev–Trinajstić information content (AvgIpc) is 3.16. The number of carbonyl (C=O) groups excluding carboxylic acids is 2. The van der Waals surface area contributed by atoms with Crippen LogP contribution in [0, 0.1) is 5.92 Å². The van der Waals surface area contributed by atoms with Crippen molar-refractivity contribution in [2.45, 2.75) is 64.1 Å². The number of ether oxygens (including phenoxy) is 1. The molecule has 0 saturated carbocycles. The second kappa shape index (κ2) is 7.97. The van der Waals surface area contributed by atoms with Gasteiger partial charge in [-0.05, 0) is 36.2 Å². The summed E-state index contributed by atoms with van der Waals surface area (Å²) in [6.45, 7) is 10.4. The maximum Gasteiger partial charge on any atom is 0.320 e. The molecule has 0 aliphatic carbocycles. The Bertz CT molecular complexity index is 748. The zero-order valence-corrected chi connectivity index (χ0v) is 17.8. The van der Waals surface area contributed by atoms with Crippen LogP contribution in [-0.2, 0) is 21.5 Å². The highest BCUT2D eigenvalue weighted by Gasteiger charge is 2.38. The predicted molar refractivity (Wildman–Crippen MR) is 108 cm³/mol. The van der Waals surface area contributed by atoms with Crippen molar-refractivity contribution >= 4 is 11.9 Å². The molecule has 8 heteroatoms. The quantitative estimate of drug-likeness (QED) is 0.814. The van der Waals surface area contributed by atoms with Crippen LogP contribution in [0.5, 0.6) is 0 Å². The zero-order chi connectivity index (χ0) is 20.6. The van der Waals surface area contributed by atoms with Crippen molar-refractivity contribution in [1.29, 1.82) is 0 Å². The minimum absolute atomic E-state index is 0.0366. The van der Waals surface area contributed by atoms with Crippen molar-refractivity contribution in [3.63, 3.8) is 0 Å². The molecule has 0 unspecified atom stereocenters. The van der Waals surface area contributed by atoms with Gasteiger partial charge in [-0.15, -0.1) is 0 Å². The molecular weight excluding hydrogens is 370 g/mol. The lowest BCUT2D eigenvalue weighted by Crippen LogP contribution is -2.62. The van der Waals surface area contributed by atoms with E-state index in [1.165, 1.54) is 5.56 Å². The lowest BCUT2D eigenvalue weighted by atomic mass is 9.90. The first-order chi connectivity index (χ1) is 13.8. The van der Waals surface area contributed by atoms with E-state index in [-0.39, 0.29) is 36.1 Å². The molecule has 4 rings (SSSR count). The fourth-order valence-electron chi connectivity index (χ4n) is 4.50. The van der Waals surface area contributed by atoms with Gasteiger partial charge in [0.1, 0.15) is 6.61 Å². The van der Waals surface area contributed by atoms with E-state index in [2.05, 4.69) is 42.1 Å². The minimum atomic E-state index is -0.0883. The Labute approximate surface area is 172 Å². The highest BCUT2D eigenvalue weighted by atomic mass is 16.5. The summed E-state index contributed by atoms with van der Waals surface area (Å²) in [5.41, 5.74) is 1.37. The second-order valence-corrected chi connectivity index (χ2v) is 9.67. The van der Waals surface area contributed by atoms with Crippen molar-refractivity contribution in [3.8, 4) is 0 Å². The number of urea groups is 1. The fourth-order valence-corrected chi connectivity index (χ4v) is 4.50. The van der Waals surface area contributed by atoms with E-state index in [9.17, 15) is 9.59 Å². The SMILES string of the molecule is CC(C)(C)c1cnn(CC2CCN(C(=O)N3CC[C@@H]4OCC(=O)N[C@@H]4C3)CC2)c1. The summed E-state index contributed by atoms with van der Waals surface area (Å²) >= 11 is 0. The molecular formula is C21H33N5O3. The van der Waals surface area contributed by atoms with Gasteiger partial charge in [-0.3, -0.25) is 9.48 Å². The first kappa shape index (κ1) is 20.2. The Morgan fingerprint density at radius 3 is 2.62 bits per heavy atom. The molecule has 1 N–H and O–H groups in total. The van der Waals surface area contributed by atoms with E-state index in [0.29, 0.717) is 19.0 Å². The summed E-state index contributed by atoms with van der Waals surface area (Å²) < 4.78 is 7.64. The lowest BCUT2D eigenvalue weighted by Gasteiger charge is -2.43. The monoisotopic (exact) mass is 403 g/mol. The van der Waals surface area contributed by atoms with E-state index in [4.69, 9.17) is 4.74 Å². The van der Waals surface area contributed by atoms with Crippen LogP contribution in [0.15, 0.2) is 12.4 Å². The fraction of sp³-hybridized carbons (Fsp3) is 0.762. The Hall–Kier alpha value is -2.09. The molecule has 3 aliphatic rings. The molecule has 0 aromatic carbocycles. The topological polar surface area (TPSA) is 79.7 Å². The standard InChI is InChI=1S/C21H33N5O3/c1-21(2,3)16-10-22-26(12-16)11-15-4-7-24(8-5-15)20(28)25-9-6-18-17(13-25)23-19(27)14-29-18/h10,12,15,17-18H,4-9,11,13-14H2,1-3H3,(H,23,27)/t17-,18+/m1/s1. The van der Waals surface area contributed by atoms with Crippen LogP contribution in [0.2, 0.25) is 0 Å². The number of hydrogen-bond donors (Lipinski definition) is 1. The van der Waals surface area contributed by atoms with Crippen LogP contribution in [-0.4, -0.2) is 76.5 Å². The van der Waals surface area contributed by atoms with Gasteiger partial charge in [0.05, 0.1) is 18.3 Å². The third-order valence-corrected chi connectivity index (χ3v) is 6.42. The van der Waals surface area contributed by atoms with E-state index >= 15 is 0 Å². The number of likely N-dealkylation sites (tertiary alicyclic amines) is 2. The van der Waals surface area contributed by atoms with Gasteiger partial charge in [-0.25, -0.2) is 4.79 Å². The van der Waals surface area contributed by atoms with E-state index in [0.717, 1.165) is 38.9 Å². The van der Waals surface area contributed by atoms with Gasteiger partial charge in [-0.1, -0.05) is 20.8 Å². The number of nitrogens with one attached hydrogen (secondary N) is 1. The van der Waals surface area contributed by atoms with E-state index in [1.807, 2.05) is 16.0 Å². The summed E-state index contributed by atoms with van der Waals surface area (Å²) in [6.07, 6.45) is 6.93. The third-order valence-electron chi connectivity index (χ3n) is 6.42. The first-order valence-electron chi connectivity index (χ1n) is 10.8. The van der Waals surface area contributed by atoms with Gasteiger partial charge in [0.2, 0.25) is 5.91 Å². The number of rotatable bonds is 2. The van der Waals surface area contributed by atoms with Gasteiger partial charge >= 0.3 is 6.03 Å². The number of aromatic nitrogens is 2. The molecule has 8 nitrogen and oxygen atoms in total. The van der Waals surface area contributed by atoms with Crippen molar-refractivity contribution in [2.75, 3.05) is 32.8 Å². The summed E-state index contributed by atoms with van der Waals surface area (Å²) in [7, 11) is 0. The maximum atomic E-state index is 13.0. The van der Waals surface area contributed by atoms with Gasteiger partial charge < -0.3 is 19.9 Å². The Morgan fingerprint density at radius 1 is 1.21 bits per heavy atom. The predicted octanol–water partition coefficient (Wildman–Crippen LogP) is 1.60. The molecule has 0 bridgehead atoms. The van der Waals surface area contributed by atoms with E-state index < -0.39 is 0 Å². The Morgan fingerprint density at radius 2 is 1.93 bits per heavy atom. The largest absolute Gasteiger partial charge is 0.366 e.